The van der Waals surface area contributed by atoms with E-state index >= 15 is 0 Å². The standard InChI is InChI=1S/C63H83N5O16/c1-40-33-45(70)37-81-46-18-15-17-43(36-46)51(28-24-42-25-29-52(79-9)53(35-42)80-10)84-61(78)49-19-11-14-31-68(49)60(77)55(72)63(5,6)39-82-54(71)21-12-13-30-65(7)58(75)48-20-16-32-67(48)59(76)50(38-83-62(2,3)4)66(8)57(74)47(64-56(40)73)34-41-22-26-44(69)27-23-41/h12,15,17-18,21-23,25-27,29,35-36,40,47-51,69H,11,13-14,16,19-20,24,28,30-34,37-39H2,1-10H3,(H,64,73)/t40-,47?,48+,49+,50+,51-/m1/s1. The fraction of sp³-hybridized carbons (Fsp3) is 0.540. The number of cyclic esters (lactones) is 2. The summed E-state index contributed by atoms with van der Waals surface area (Å²) in [5.41, 5.74) is -0.333. The molecule has 3 aliphatic heterocycles. The van der Waals surface area contributed by atoms with Crippen molar-refractivity contribution in [1.29, 1.82) is 0 Å². The maximum Gasteiger partial charge on any atom is 0.330 e. The third-order valence-corrected chi connectivity index (χ3v) is 15.3. The van der Waals surface area contributed by atoms with Crippen molar-refractivity contribution >= 4 is 53.0 Å². The van der Waals surface area contributed by atoms with Crippen molar-refractivity contribution in [2.75, 3.05) is 67.8 Å². The van der Waals surface area contributed by atoms with Crippen molar-refractivity contribution in [2.45, 2.75) is 142 Å². The Morgan fingerprint density at radius 1 is 0.762 bits per heavy atom. The van der Waals surface area contributed by atoms with Crippen LogP contribution >= 0.6 is 0 Å². The van der Waals surface area contributed by atoms with Gasteiger partial charge in [-0.05, 0) is 139 Å². The quantitative estimate of drug-likeness (QED) is 0.187. The molecule has 5 amide bonds. The number of likely N-dealkylation sites (N-methyl/N-ethyl adjacent to an activating group) is 2. The van der Waals surface area contributed by atoms with Gasteiger partial charge in [0.05, 0.1) is 31.8 Å². The summed E-state index contributed by atoms with van der Waals surface area (Å²) in [5.74, 6) is -5.65. The average Bonchev–Trinajstić information content (AvgIpc) is 4.17. The topological polar surface area (TPSA) is 254 Å². The van der Waals surface area contributed by atoms with E-state index in [-0.39, 0.29) is 75.8 Å². The number of nitrogens with zero attached hydrogens (tertiary/aromatic N) is 4. The molecule has 21 nitrogen and oxygen atoms in total. The molecule has 3 aliphatic rings. The number of phenols is 1. The van der Waals surface area contributed by atoms with Gasteiger partial charge in [0, 0.05) is 58.6 Å². The minimum atomic E-state index is -1.50. The number of esters is 2. The van der Waals surface area contributed by atoms with Gasteiger partial charge in [-0.25, -0.2) is 9.59 Å². The number of ether oxygens (including phenoxy) is 6. The maximum absolute atomic E-state index is 14.8. The molecule has 1 unspecified atom stereocenters. The van der Waals surface area contributed by atoms with Gasteiger partial charge < -0.3 is 58.4 Å². The van der Waals surface area contributed by atoms with Crippen LogP contribution in [0, 0.1) is 11.3 Å². The Morgan fingerprint density at radius 3 is 2.15 bits per heavy atom. The van der Waals surface area contributed by atoms with Crippen LogP contribution in [-0.2, 0) is 70.2 Å². The van der Waals surface area contributed by atoms with Gasteiger partial charge >= 0.3 is 11.9 Å². The first-order chi connectivity index (χ1) is 39.8. The number of hydrogen-bond donors (Lipinski definition) is 2. The smallest absolute Gasteiger partial charge is 0.330 e. The van der Waals surface area contributed by atoms with Crippen LogP contribution in [0.3, 0.4) is 0 Å². The molecule has 0 aliphatic carbocycles. The normalized spacial score (nSPS) is 23.6. The minimum absolute atomic E-state index is 0.0143. The lowest BCUT2D eigenvalue weighted by atomic mass is 9.87. The Hall–Kier alpha value is -7.81. The molecule has 3 heterocycles. The molecule has 0 aromatic heterocycles. The molecular formula is C63H83N5O16. The van der Waals surface area contributed by atoms with Gasteiger partial charge in [-0.15, -0.1) is 0 Å². The van der Waals surface area contributed by atoms with Gasteiger partial charge in [-0.3, -0.25) is 33.6 Å². The summed E-state index contributed by atoms with van der Waals surface area (Å²) >= 11 is 0. The summed E-state index contributed by atoms with van der Waals surface area (Å²) in [6.07, 6.45) is 4.41. The van der Waals surface area contributed by atoms with Crippen LogP contribution in [0.1, 0.15) is 116 Å². The fourth-order valence-corrected chi connectivity index (χ4v) is 10.3. The molecule has 2 N–H and O–H groups in total. The van der Waals surface area contributed by atoms with E-state index in [9.17, 15) is 48.3 Å². The summed E-state index contributed by atoms with van der Waals surface area (Å²) in [6, 6.07) is 13.7. The molecule has 3 aromatic carbocycles. The number of Topliss-reactive ketones (excluding diaryl/α,β-unsaturated/α-hetero) is 2. The highest BCUT2D eigenvalue weighted by Crippen LogP contribution is 2.33. The fourth-order valence-electron chi connectivity index (χ4n) is 10.3. The molecule has 3 aromatic rings. The van der Waals surface area contributed by atoms with Crippen LogP contribution in [0.2, 0.25) is 0 Å². The zero-order chi connectivity index (χ0) is 61.5. The summed E-state index contributed by atoms with van der Waals surface area (Å²) in [7, 11) is 6.06. The highest BCUT2D eigenvalue weighted by molar-refractivity contribution is 6.38. The van der Waals surface area contributed by atoms with Crippen molar-refractivity contribution in [3.8, 4) is 23.0 Å². The van der Waals surface area contributed by atoms with E-state index in [1.165, 1.54) is 79.0 Å². The van der Waals surface area contributed by atoms with Gasteiger partial charge in [0.1, 0.15) is 55.0 Å². The number of phenolic OH excluding ortho intramolecular Hbond substituents is 1. The number of carbonyl (C=O) groups excluding carboxylic acids is 9. The molecule has 84 heavy (non-hydrogen) atoms. The highest BCUT2D eigenvalue weighted by atomic mass is 16.5. The van der Waals surface area contributed by atoms with E-state index in [1.807, 2.05) is 12.1 Å². The summed E-state index contributed by atoms with van der Waals surface area (Å²) in [4.78, 5) is 132. The van der Waals surface area contributed by atoms with Crippen molar-refractivity contribution in [3.05, 3.63) is 95.6 Å². The molecule has 6 rings (SSSR count). The molecule has 0 spiro atoms. The van der Waals surface area contributed by atoms with E-state index in [2.05, 4.69) is 5.32 Å². The van der Waals surface area contributed by atoms with Gasteiger partial charge in [-0.2, -0.15) is 0 Å². The zero-order valence-electron chi connectivity index (χ0n) is 50.1. The van der Waals surface area contributed by atoms with E-state index in [1.54, 1.807) is 77.2 Å². The number of hydrogen-bond acceptors (Lipinski definition) is 16. The number of methoxy groups -OCH3 is 2. The average molecular weight is 1170 g/mol. The van der Waals surface area contributed by atoms with E-state index in [4.69, 9.17) is 28.4 Å². The van der Waals surface area contributed by atoms with Crippen molar-refractivity contribution < 1.29 is 76.7 Å². The number of rotatable bonds is 9. The Labute approximate surface area is 492 Å². The Morgan fingerprint density at radius 2 is 1.45 bits per heavy atom. The molecular weight excluding hydrogens is 1080 g/mol. The molecule has 21 heteroatoms. The van der Waals surface area contributed by atoms with Crippen molar-refractivity contribution in [3.63, 3.8) is 0 Å². The second-order valence-electron chi connectivity index (χ2n) is 23.4. The number of aromatic hydroxyl groups is 1. The SMILES string of the molecule is COc1ccc(CC[C@H]2OC(=O)[C@@H]3CCCCN3C(=O)C(=O)C(C)(C)COC(=O)C=CCCN(C)C(=O)[C@@H]3CCCN3C(=O)[C@H](COC(C)(C)C)N(C)C(=O)C(Cc3ccc(O)cc3)NC(=O)[C@H](C)CC(=O)COc3cccc2c3)cc1OC. The van der Waals surface area contributed by atoms with Crippen LogP contribution in [0.25, 0.3) is 0 Å². The van der Waals surface area contributed by atoms with E-state index in [0.717, 1.165) is 5.56 Å². The molecule has 2 bridgehead atoms. The largest absolute Gasteiger partial charge is 0.508 e. The van der Waals surface area contributed by atoms with Gasteiger partial charge in [-0.1, -0.05) is 43.3 Å². The lowest BCUT2D eigenvalue weighted by molar-refractivity contribution is -0.165. The lowest BCUT2D eigenvalue weighted by Gasteiger charge is -2.36. The maximum atomic E-state index is 14.8. The van der Waals surface area contributed by atoms with E-state index in [0.29, 0.717) is 54.7 Å². The molecule has 0 radical (unpaired) electrons. The predicted molar refractivity (Wildman–Crippen MR) is 309 cm³/mol. The van der Waals surface area contributed by atoms with Crippen LogP contribution in [0.5, 0.6) is 23.0 Å². The summed E-state index contributed by atoms with van der Waals surface area (Å²) < 4.78 is 34.9. The first-order valence-corrected chi connectivity index (χ1v) is 28.7. The molecule has 2 saturated heterocycles. The van der Waals surface area contributed by atoms with Crippen molar-refractivity contribution in [1.82, 2.24) is 24.9 Å². The summed E-state index contributed by atoms with van der Waals surface area (Å²) in [5, 5.41) is 12.9. The first-order valence-electron chi connectivity index (χ1n) is 28.7. The molecule has 0 saturated carbocycles. The van der Waals surface area contributed by atoms with E-state index < -0.39 is 108 Å². The Kier molecular flexibility index (Phi) is 23.0. The van der Waals surface area contributed by atoms with Crippen LogP contribution in [-0.4, -0.2) is 175 Å². The second-order valence-corrected chi connectivity index (χ2v) is 23.4. The number of nitrogens with one attached hydrogen (secondary N) is 1. The zero-order valence-corrected chi connectivity index (χ0v) is 50.1. The number of amides is 5. The molecule has 2 fully saturated rings. The number of piperidine rings is 1. The highest BCUT2D eigenvalue weighted by Gasteiger charge is 2.44. The van der Waals surface area contributed by atoms with Crippen LogP contribution in [0.4, 0.5) is 0 Å². The number of aryl methyl sites for hydroxylation is 1. The third kappa shape index (κ3) is 17.9. The lowest BCUT2D eigenvalue weighted by Crippen LogP contribution is -2.59. The van der Waals surface area contributed by atoms with Crippen molar-refractivity contribution in [2.24, 2.45) is 11.3 Å². The van der Waals surface area contributed by atoms with Gasteiger partial charge in [0.15, 0.2) is 17.3 Å². The minimum Gasteiger partial charge on any atom is -0.508 e. The molecule has 456 valence electrons. The molecule has 6 atom stereocenters. The number of ketones is 2. The number of benzene rings is 3. The van der Waals surface area contributed by atoms with Crippen LogP contribution in [0.15, 0.2) is 78.9 Å². The summed E-state index contributed by atoms with van der Waals surface area (Å²) in [6.45, 7) is 9.20. The Balaban J connectivity index is 1.31. The first kappa shape index (κ1) is 65.3. The Bertz CT molecular complexity index is 2880. The third-order valence-electron chi connectivity index (χ3n) is 15.3. The van der Waals surface area contributed by atoms with Gasteiger partial charge in [0.2, 0.25) is 29.4 Å². The number of carbonyl (C=O) groups is 9. The number of fused-ring (bicyclic) bond motifs is 4. The van der Waals surface area contributed by atoms with Gasteiger partial charge in [0.25, 0.3) is 5.91 Å². The monoisotopic (exact) mass is 1170 g/mol. The predicted octanol–water partition coefficient (Wildman–Crippen LogP) is 5.90. The van der Waals surface area contributed by atoms with Crippen LogP contribution < -0.4 is 19.5 Å². The second kappa shape index (κ2) is 29.6.